The molecule has 3 rings (SSSR count). The standard InChI is InChI=1S/C17H14ClN3O5/c1-9-3-5-13(21(24)25)16(10(9)2)19-15(22)8-20-12-6-4-11(18)7-14(12)26-17(20)23/h3-7H,8H2,1-2H3,(H,19,22). The molecule has 1 aromatic heterocycles. The third kappa shape index (κ3) is 3.18. The first-order valence-corrected chi connectivity index (χ1v) is 7.99. The smallest absolute Gasteiger partial charge is 0.408 e. The number of nitro groups is 1. The fourth-order valence-corrected chi connectivity index (χ4v) is 2.79. The lowest BCUT2D eigenvalue weighted by molar-refractivity contribution is -0.384. The van der Waals surface area contributed by atoms with Crippen molar-refractivity contribution in [2.45, 2.75) is 20.4 Å². The van der Waals surface area contributed by atoms with Gasteiger partial charge in [-0.3, -0.25) is 19.5 Å². The number of halogens is 1. The molecule has 26 heavy (non-hydrogen) atoms. The Kier molecular flexibility index (Phi) is 4.52. The third-order valence-electron chi connectivity index (χ3n) is 4.11. The van der Waals surface area contributed by atoms with E-state index in [2.05, 4.69) is 5.32 Å². The summed E-state index contributed by atoms with van der Waals surface area (Å²) in [5, 5.41) is 14.1. The molecule has 1 N–H and O–H groups in total. The van der Waals surface area contributed by atoms with Crippen LogP contribution in [0.15, 0.2) is 39.5 Å². The summed E-state index contributed by atoms with van der Waals surface area (Å²) in [6.07, 6.45) is 0. The van der Waals surface area contributed by atoms with Crippen LogP contribution in [0.25, 0.3) is 11.1 Å². The van der Waals surface area contributed by atoms with Gasteiger partial charge in [-0.05, 0) is 37.1 Å². The van der Waals surface area contributed by atoms with E-state index in [-0.39, 0.29) is 23.5 Å². The van der Waals surface area contributed by atoms with Crippen molar-refractivity contribution in [1.29, 1.82) is 0 Å². The van der Waals surface area contributed by atoms with Crippen molar-refractivity contribution in [2.24, 2.45) is 0 Å². The Hall–Kier alpha value is -3.13. The van der Waals surface area contributed by atoms with E-state index in [1.807, 2.05) is 0 Å². The van der Waals surface area contributed by atoms with Gasteiger partial charge in [0.1, 0.15) is 12.2 Å². The Bertz CT molecular complexity index is 1100. The van der Waals surface area contributed by atoms with E-state index < -0.39 is 16.6 Å². The molecular weight excluding hydrogens is 362 g/mol. The zero-order chi connectivity index (χ0) is 19.0. The first kappa shape index (κ1) is 17.7. The number of fused-ring (bicyclic) bond motifs is 1. The van der Waals surface area contributed by atoms with E-state index in [0.717, 1.165) is 10.1 Å². The fraction of sp³-hybridized carbons (Fsp3) is 0.176. The molecule has 2 aromatic carbocycles. The maximum absolute atomic E-state index is 12.4. The fourth-order valence-electron chi connectivity index (χ4n) is 2.62. The molecule has 0 atom stereocenters. The van der Waals surface area contributed by atoms with Crippen LogP contribution in [0.4, 0.5) is 11.4 Å². The van der Waals surface area contributed by atoms with Gasteiger partial charge in [0.25, 0.3) is 5.69 Å². The van der Waals surface area contributed by atoms with Crippen LogP contribution in [0.5, 0.6) is 0 Å². The summed E-state index contributed by atoms with van der Waals surface area (Å²) in [4.78, 5) is 35.1. The van der Waals surface area contributed by atoms with Gasteiger partial charge in [0.05, 0.1) is 10.4 Å². The minimum absolute atomic E-state index is 0.115. The number of carbonyl (C=O) groups excluding carboxylic acids is 1. The Balaban J connectivity index is 1.94. The number of nitrogens with one attached hydrogen (secondary N) is 1. The molecule has 0 aliphatic rings. The Morgan fingerprint density at radius 3 is 2.73 bits per heavy atom. The molecule has 3 aromatic rings. The predicted molar refractivity (Wildman–Crippen MR) is 96.7 cm³/mol. The predicted octanol–water partition coefficient (Wildman–Crippen LogP) is 3.41. The van der Waals surface area contributed by atoms with Gasteiger partial charge in [-0.15, -0.1) is 0 Å². The van der Waals surface area contributed by atoms with Gasteiger partial charge in [0.15, 0.2) is 5.58 Å². The van der Waals surface area contributed by atoms with Gasteiger partial charge in [-0.1, -0.05) is 17.7 Å². The van der Waals surface area contributed by atoms with Crippen molar-refractivity contribution in [1.82, 2.24) is 4.57 Å². The molecule has 9 heteroatoms. The number of nitrogens with zero attached hydrogens (tertiary/aromatic N) is 2. The van der Waals surface area contributed by atoms with Crippen molar-refractivity contribution >= 4 is 40.0 Å². The molecule has 0 fully saturated rings. The minimum atomic E-state index is -0.715. The van der Waals surface area contributed by atoms with Crippen LogP contribution in [0.1, 0.15) is 11.1 Å². The lowest BCUT2D eigenvalue weighted by Gasteiger charge is -2.11. The highest BCUT2D eigenvalue weighted by Crippen LogP contribution is 2.30. The zero-order valence-electron chi connectivity index (χ0n) is 13.9. The van der Waals surface area contributed by atoms with Gasteiger partial charge >= 0.3 is 5.76 Å². The number of nitro benzene ring substituents is 1. The molecule has 0 aliphatic carbocycles. The summed E-state index contributed by atoms with van der Waals surface area (Å²) in [7, 11) is 0. The van der Waals surface area contributed by atoms with E-state index in [1.165, 1.54) is 12.1 Å². The maximum atomic E-state index is 12.4. The van der Waals surface area contributed by atoms with Crippen LogP contribution in [-0.4, -0.2) is 15.4 Å². The highest BCUT2D eigenvalue weighted by molar-refractivity contribution is 6.31. The van der Waals surface area contributed by atoms with Crippen LogP contribution in [0.3, 0.4) is 0 Å². The average molecular weight is 376 g/mol. The highest BCUT2D eigenvalue weighted by atomic mass is 35.5. The SMILES string of the molecule is Cc1ccc([N+](=O)[O-])c(NC(=O)Cn2c(=O)oc3cc(Cl)ccc32)c1C. The van der Waals surface area contributed by atoms with Crippen molar-refractivity contribution in [3.63, 3.8) is 0 Å². The van der Waals surface area contributed by atoms with Gasteiger partial charge in [-0.25, -0.2) is 4.79 Å². The first-order chi connectivity index (χ1) is 12.3. The zero-order valence-corrected chi connectivity index (χ0v) is 14.7. The van der Waals surface area contributed by atoms with E-state index in [9.17, 15) is 19.7 Å². The van der Waals surface area contributed by atoms with Crippen molar-refractivity contribution in [2.75, 3.05) is 5.32 Å². The number of aryl methyl sites for hydroxylation is 1. The molecule has 0 saturated carbocycles. The minimum Gasteiger partial charge on any atom is -0.408 e. The Labute approximate surface area is 152 Å². The summed E-state index contributed by atoms with van der Waals surface area (Å²) in [5.74, 6) is -1.30. The molecule has 8 nitrogen and oxygen atoms in total. The Morgan fingerprint density at radius 1 is 1.31 bits per heavy atom. The van der Waals surface area contributed by atoms with E-state index >= 15 is 0 Å². The Morgan fingerprint density at radius 2 is 2.04 bits per heavy atom. The average Bonchev–Trinajstić information content (AvgIpc) is 2.86. The molecule has 134 valence electrons. The molecular formula is C17H14ClN3O5. The number of hydrogen-bond donors (Lipinski definition) is 1. The monoisotopic (exact) mass is 375 g/mol. The van der Waals surface area contributed by atoms with Crippen LogP contribution in [-0.2, 0) is 11.3 Å². The van der Waals surface area contributed by atoms with Gasteiger partial charge < -0.3 is 9.73 Å². The van der Waals surface area contributed by atoms with E-state index in [0.29, 0.717) is 16.1 Å². The lowest BCUT2D eigenvalue weighted by atomic mass is 10.1. The molecule has 0 unspecified atom stereocenters. The van der Waals surface area contributed by atoms with Crippen molar-refractivity contribution < 1.29 is 14.1 Å². The molecule has 1 amide bonds. The van der Waals surface area contributed by atoms with E-state index in [4.69, 9.17) is 16.0 Å². The number of carbonyl (C=O) groups is 1. The van der Waals surface area contributed by atoms with Crippen molar-refractivity contribution in [3.05, 3.63) is 67.1 Å². The maximum Gasteiger partial charge on any atom is 0.420 e. The van der Waals surface area contributed by atoms with E-state index in [1.54, 1.807) is 32.0 Å². The van der Waals surface area contributed by atoms with Gasteiger partial charge in [0.2, 0.25) is 5.91 Å². The summed E-state index contributed by atoms with van der Waals surface area (Å²) >= 11 is 5.86. The number of aromatic nitrogens is 1. The van der Waals surface area contributed by atoms with Crippen molar-refractivity contribution in [3.8, 4) is 0 Å². The second-order valence-electron chi connectivity index (χ2n) is 5.77. The summed E-state index contributed by atoms with van der Waals surface area (Å²) in [6, 6.07) is 7.56. The number of benzene rings is 2. The number of rotatable bonds is 4. The number of hydrogen-bond acceptors (Lipinski definition) is 5. The highest BCUT2D eigenvalue weighted by Gasteiger charge is 2.20. The number of oxazole rings is 1. The summed E-state index contributed by atoms with van der Waals surface area (Å²) in [6.45, 7) is 3.11. The molecule has 0 spiro atoms. The second kappa shape index (κ2) is 6.64. The first-order valence-electron chi connectivity index (χ1n) is 7.61. The molecule has 0 bridgehead atoms. The van der Waals surface area contributed by atoms with Crippen LogP contribution in [0, 0.1) is 24.0 Å². The van der Waals surface area contributed by atoms with Crippen LogP contribution < -0.4 is 11.1 Å². The largest absolute Gasteiger partial charge is 0.420 e. The molecule has 0 radical (unpaired) electrons. The topological polar surface area (TPSA) is 107 Å². The summed E-state index contributed by atoms with van der Waals surface area (Å²) in [5.41, 5.74) is 1.95. The van der Waals surface area contributed by atoms with Crippen LogP contribution in [0.2, 0.25) is 5.02 Å². The lowest BCUT2D eigenvalue weighted by Crippen LogP contribution is -2.25. The summed E-state index contributed by atoms with van der Waals surface area (Å²) < 4.78 is 6.21. The van der Waals surface area contributed by atoms with Gasteiger partial charge in [-0.2, -0.15) is 0 Å². The third-order valence-corrected chi connectivity index (χ3v) is 4.34. The normalized spacial score (nSPS) is 10.9. The van der Waals surface area contributed by atoms with Crippen LogP contribution >= 0.6 is 11.6 Å². The molecule has 0 saturated heterocycles. The number of anilines is 1. The molecule has 0 aliphatic heterocycles. The molecule has 1 heterocycles. The second-order valence-corrected chi connectivity index (χ2v) is 6.21. The van der Waals surface area contributed by atoms with Gasteiger partial charge in [0, 0.05) is 17.2 Å². The number of amides is 1. The quantitative estimate of drug-likeness (QED) is 0.555.